The molecular formula is C54H34N2S2. The first kappa shape index (κ1) is 33.2. The lowest BCUT2D eigenvalue weighted by atomic mass is 9.98. The van der Waals surface area contributed by atoms with E-state index in [0.29, 0.717) is 0 Å². The van der Waals surface area contributed by atoms with E-state index in [2.05, 4.69) is 216 Å². The molecule has 0 saturated heterocycles. The Balaban J connectivity index is 1.14. The van der Waals surface area contributed by atoms with Gasteiger partial charge in [0.05, 0.1) is 32.8 Å². The minimum atomic E-state index is 1.15. The fourth-order valence-electron chi connectivity index (χ4n) is 9.07. The maximum absolute atomic E-state index is 2.54. The summed E-state index contributed by atoms with van der Waals surface area (Å²) in [7, 11) is 0. The number of aromatic nitrogens is 1. The monoisotopic (exact) mass is 774 g/mol. The molecule has 3 heterocycles. The van der Waals surface area contributed by atoms with Gasteiger partial charge in [-0.05, 0) is 71.3 Å². The molecule has 12 rings (SSSR count). The van der Waals surface area contributed by atoms with Crippen LogP contribution in [0.2, 0.25) is 0 Å². The topological polar surface area (TPSA) is 8.17 Å². The number of para-hydroxylation sites is 3. The van der Waals surface area contributed by atoms with Gasteiger partial charge in [-0.2, -0.15) is 0 Å². The van der Waals surface area contributed by atoms with Crippen LogP contribution in [0.3, 0.4) is 0 Å². The highest BCUT2D eigenvalue weighted by molar-refractivity contribution is 7.27. The summed E-state index contributed by atoms with van der Waals surface area (Å²) < 4.78 is 7.55. The van der Waals surface area contributed by atoms with Crippen molar-refractivity contribution in [1.29, 1.82) is 0 Å². The molecule has 9 aromatic carbocycles. The second kappa shape index (κ2) is 13.3. The zero-order valence-corrected chi connectivity index (χ0v) is 33.0. The molecule has 0 unspecified atom stereocenters. The van der Waals surface area contributed by atoms with Crippen LogP contribution in [0.4, 0.5) is 17.1 Å². The average molecular weight is 775 g/mol. The molecule has 0 atom stereocenters. The Morgan fingerprint density at radius 3 is 1.71 bits per heavy atom. The molecule has 0 N–H and O–H groups in total. The molecule has 272 valence electrons. The highest BCUT2D eigenvalue weighted by Gasteiger charge is 2.25. The first-order chi connectivity index (χ1) is 28.8. The van der Waals surface area contributed by atoms with E-state index in [0.717, 1.165) is 11.4 Å². The summed E-state index contributed by atoms with van der Waals surface area (Å²) in [6, 6.07) is 75.6. The second-order valence-corrected chi connectivity index (χ2v) is 16.9. The molecule has 0 aliphatic rings. The van der Waals surface area contributed by atoms with E-state index in [9.17, 15) is 0 Å². The van der Waals surface area contributed by atoms with Crippen LogP contribution < -0.4 is 4.90 Å². The Morgan fingerprint density at radius 1 is 0.345 bits per heavy atom. The molecule has 0 amide bonds. The van der Waals surface area contributed by atoms with E-state index in [1.165, 1.54) is 95.8 Å². The zero-order valence-electron chi connectivity index (χ0n) is 31.3. The number of nitrogens with zero attached hydrogens (tertiary/aromatic N) is 2. The van der Waals surface area contributed by atoms with E-state index in [4.69, 9.17) is 0 Å². The van der Waals surface area contributed by atoms with Gasteiger partial charge in [-0.15, -0.1) is 22.7 Å². The summed E-state index contributed by atoms with van der Waals surface area (Å²) in [6.07, 6.45) is 0. The van der Waals surface area contributed by atoms with Gasteiger partial charge in [0.25, 0.3) is 0 Å². The summed E-state index contributed by atoms with van der Waals surface area (Å²) in [5.41, 5.74) is 11.9. The van der Waals surface area contributed by atoms with Crippen molar-refractivity contribution in [3.63, 3.8) is 0 Å². The Kier molecular flexibility index (Phi) is 7.62. The lowest BCUT2D eigenvalue weighted by molar-refractivity contribution is 1.18. The van der Waals surface area contributed by atoms with Crippen LogP contribution >= 0.6 is 22.7 Å². The van der Waals surface area contributed by atoms with Crippen molar-refractivity contribution in [2.45, 2.75) is 0 Å². The molecule has 0 aliphatic heterocycles. The summed E-state index contributed by atoms with van der Waals surface area (Å²) in [6.45, 7) is 0. The predicted molar refractivity (Wildman–Crippen MR) is 252 cm³/mol. The van der Waals surface area contributed by atoms with Gasteiger partial charge in [-0.3, -0.25) is 0 Å². The summed E-state index contributed by atoms with van der Waals surface area (Å²) >= 11 is 3.77. The SMILES string of the molecule is c1ccc(-c2ccccc2N(c2cccc3c2sc2ccccc23)c2ccc(-c3cccc(-n4c5ccccc5c5ccccc54)c3)c3sc4ccccc4c23)cc1. The Hall–Kier alpha value is -6.98. The number of hydrogen-bond acceptors (Lipinski definition) is 3. The molecule has 0 aliphatic carbocycles. The van der Waals surface area contributed by atoms with Crippen molar-refractivity contribution >= 4 is 102 Å². The number of hydrogen-bond donors (Lipinski definition) is 0. The Labute approximate surface area is 343 Å². The third kappa shape index (κ3) is 5.09. The summed E-state index contributed by atoms with van der Waals surface area (Å²) in [4.78, 5) is 2.54. The van der Waals surface area contributed by atoms with Crippen molar-refractivity contribution in [2.24, 2.45) is 0 Å². The van der Waals surface area contributed by atoms with Gasteiger partial charge in [0.1, 0.15) is 0 Å². The fraction of sp³-hybridized carbons (Fsp3) is 0. The molecule has 0 spiro atoms. The normalized spacial score (nSPS) is 11.8. The van der Waals surface area contributed by atoms with Gasteiger partial charge in [-0.1, -0.05) is 152 Å². The van der Waals surface area contributed by atoms with Crippen molar-refractivity contribution in [1.82, 2.24) is 4.57 Å². The molecule has 12 aromatic rings. The predicted octanol–water partition coefficient (Wildman–Crippen LogP) is 16.3. The molecule has 58 heavy (non-hydrogen) atoms. The van der Waals surface area contributed by atoms with Gasteiger partial charge in [-0.25, -0.2) is 0 Å². The van der Waals surface area contributed by atoms with Gasteiger partial charge in [0, 0.05) is 57.7 Å². The fourth-order valence-corrected chi connectivity index (χ4v) is 11.5. The Bertz CT molecular complexity index is 3480. The molecule has 0 bridgehead atoms. The number of thiophene rings is 2. The third-order valence-corrected chi connectivity index (χ3v) is 14.0. The van der Waals surface area contributed by atoms with Crippen LogP contribution in [-0.4, -0.2) is 4.57 Å². The zero-order chi connectivity index (χ0) is 38.2. The van der Waals surface area contributed by atoms with Crippen LogP contribution in [0.25, 0.3) is 90.1 Å². The first-order valence-electron chi connectivity index (χ1n) is 19.7. The molecule has 4 heteroatoms. The van der Waals surface area contributed by atoms with E-state index in [-0.39, 0.29) is 0 Å². The average Bonchev–Trinajstić information content (AvgIpc) is 3.98. The molecule has 3 aromatic heterocycles. The van der Waals surface area contributed by atoms with Crippen LogP contribution in [-0.2, 0) is 0 Å². The smallest absolute Gasteiger partial charge is 0.0640 e. The van der Waals surface area contributed by atoms with E-state index in [1.807, 2.05) is 22.7 Å². The van der Waals surface area contributed by atoms with E-state index < -0.39 is 0 Å². The largest absolute Gasteiger partial charge is 0.309 e. The lowest BCUT2D eigenvalue weighted by Crippen LogP contribution is -2.12. The Morgan fingerprint density at radius 2 is 0.914 bits per heavy atom. The molecule has 0 fully saturated rings. The number of fused-ring (bicyclic) bond motifs is 9. The quantitative estimate of drug-likeness (QED) is 0.163. The molecule has 0 saturated carbocycles. The molecular weight excluding hydrogens is 741 g/mol. The van der Waals surface area contributed by atoms with Crippen LogP contribution in [0.15, 0.2) is 206 Å². The molecule has 2 nitrogen and oxygen atoms in total. The van der Waals surface area contributed by atoms with Crippen molar-refractivity contribution in [3.05, 3.63) is 206 Å². The maximum atomic E-state index is 2.54. The van der Waals surface area contributed by atoms with Gasteiger partial charge >= 0.3 is 0 Å². The summed E-state index contributed by atoms with van der Waals surface area (Å²) in [5, 5.41) is 7.65. The third-order valence-electron chi connectivity index (χ3n) is 11.6. The standard InChI is InChI=1S/C54H34N2S2/c1-2-16-35(17-3-1)38-20-4-9-26-45(38)56(49-29-15-25-43-42-23-7-12-30-50(42)57-53(43)49)48-33-32-39(54-52(48)44-24-8-13-31-51(44)58-54)36-18-14-19-37(34-36)55-46-27-10-5-21-40(46)41-22-6-11-28-47(41)55/h1-34H. The van der Waals surface area contributed by atoms with Gasteiger partial charge < -0.3 is 9.47 Å². The minimum Gasteiger partial charge on any atom is -0.309 e. The maximum Gasteiger partial charge on any atom is 0.0640 e. The second-order valence-electron chi connectivity index (χ2n) is 14.8. The highest BCUT2D eigenvalue weighted by atomic mass is 32.1. The van der Waals surface area contributed by atoms with E-state index in [1.54, 1.807) is 0 Å². The van der Waals surface area contributed by atoms with Crippen molar-refractivity contribution in [2.75, 3.05) is 4.90 Å². The minimum absolute atomic E-state index is 1.15. The van der Waals surface area contributed by atoms with Gasteiger partial charge in [0.15, 0.2) is 0 Å². The summed E-state index contributed by atoms with van der Waals surface area (Å²) in [5.74, 6) is 0. The van der Waals surface area contributed by atoms with Gasteiger partial charge in [0.2, 0.25) is 0 Å². The highest BCUT2D eigenvalue weighted by Crippen LogP contribution is 2.52. The number of anilines is 3. The number of benzene rings is 9. The van der Waals surface area contributed by atoms with Crippen LogP contribution in [0, 0.1) is 0 Å². The van der Waals surface area contributed by atoms with Crippen molar-refractivity contribution in [3.8, 4) is 27.9 Å². The molecule has 0 radical (unpaired) electrons. The van der Waals surface area contributed by atoms with Crippen LogP contribution in [0.5, 0.6) is 0 Å². The van der Waals surface area contributed by atoms with Crippen molar-refractivity contribution < 1.29 is 0 Å². The lowest BCUT2D eigenvalue weighted by Gasteiger charge is -2.29. The van der Waals surface area contributed by atoms with Crippen LogP contribution in [0.1, 0.15) is 0 Å². The number of rotatable bonds is 6. The first-order valence-corrected chi connectivity index (χ1v) is 21.3. The van der Waals surface area contributed by atoms with E-state index >= 15 is 0 Å².